The van der Waals surface area contributed by atoms with Gasteiger partial charge in [0.25, 0.3) is 0 Å². The largest absolute Gasteiger partial charge is 0.743 e. The molecule has 4 saturated carbocycles. The van der Waals surface area contributed by atoms with Gasteiger partial charge in [0.2, 0.25) is 0 Å². The predicted octanol–water partition coefficient (Wildman–Crippen LogP) is 2.66. The standard InChI is InChI=1S/C15H22F2O5S/c1-12-3-10-4-13(2,6-12)8-14(5-10,7-12)9-22-11(18)15(16,17)23(19,20)21/h10H,3-9H2,1-2H3,(H,19,20,21)/p-1. The Balaban J connectivity index is 1.75. The molecular formula is C15H21F2O5S-. The summed E-state index contributed by atoms with van der Waals surface area (Å²) in [6.07, 6.45) is 5.66. The van der Waals surface area contributed by atoms with E-state index >= 15 is 0 Å². The van der Waals surface area contributed by atoms with Gasteiger partial charge in [0.1, 0.15) is 0 Å². The summed E-state index contributed by atoms with van der Waals surface area (Å²) in [6.45, 7) is 4.13. The van der Waals surface area contributed by atoms with Crippen LogP contribution in [0.5, 0.6) is 0 Å². The summed E-state index contributed by atoms with van der Waals surface area (Å²) in [6, 6.07) is 0. The lowest BCUT2D eigenvalue weighted by molar-refractivity contribution is -0.187. The van der Waals surface area contributed by atoms with Gasteiger partial charge in [-0.15, -0.1) is 0 Å². The Kier molecular flexibility index (Phi) is 3.46. The number of esters is 1. The molecule has 8 heteroatoms. The maximum Gasteiger partial charge on any atom is 0.428 e. The maximum atomic E-state index is 13.3. The van der Waals surface area contributed by atoms with Gasteiger partial charge in [-0.3, -0.25) is 0 Å². The minimum atomic E-state index is -6.06. The van der Waals surface area contributed by atoms with Crippen molar-refractivity contribution in [2.24, 2.45) is 22.2 Å². The lowest BCUT2D eigenvalue weighted by atomic mass is 9.40. The quantitative estimate of drug-likeness (QED) is 0.574. The third-order valence-corrected chi connectivity index (χ3v) is 6.60. The summed E-state index contributed by atoms with van der Waals surface area (Å²) in [7, 11) is -6.06. The van der Waals surface area contributed by atoms with Crippen molar-refractivity contribution in [2.45, 2.75) is 57.6 Å². The normalized spacial score (nSPS) is 42.7. The second kappa shape index (κ2) is 4.65. The molecule has 0 aromatic rings. The third-order valence-electron chi connectivity index (χ3n) is 5.80. The summed E-state index contributed by atoms with van der Waals surface area (Å²) in [4.78, 5) is 11.4. The Hall–Kier alpha value is -0.760. The van der Waals surface area contributed by atoms with E-state index in [0.717, 1.165) is 38.5 Å². The number of hydrogen-bond donors (Lipinski definition) is 0. The predicted molar refractivity (Wildman–Crippen MR) is 75.4 cm³/mol. The Morgan fingerprint density at radius 3 is 2.13 bits per heavy atom. The molecule has 0 amide bonds. The van der Waals surface area contributed by atoms with E-state index in [1.807, 2.05) is 0 Å². The van der Waals surface area contributed by atoms with Crippen molar-refractivity contribution in [1.82, 2.24) is 0 Å². The molecule has 2 atom stereocenters. The van der Waals surface area contributed by atoms with Gasteiger partial charge in [0.05, 0.1) is 6.61 Å². The molecule has 132 valence electrons. The number of carbonyl (C=O) groups is 1. The van der Waals surface area contributed by atoms with Crippen LogP contribution < -0.4 is 0 Å². The van der Waals surface area contributed by atoms with Gasteiger partial charge in [-0.25, -0.2) is 13.2 Å². The van der Waals surface area contributed by atoms with Crippen molar-refractivity contribution < 1.29 is 31.3 Å². The van der Waals surface area contributed by atoms with Gasteiger partial charge in [-0.05, 0) is 55.3 Å². The summed E-state index contributed by atoms with van der Waals surface area (Å²) in [5.41, 5.74) is -0.136. The second-order valence-corrected chi connectivity index (χ2v) is 10.1. The molecule has 0 radical (unpaired) electrons. The number of rotatable bonds is 4. The van der Waals surface area contributed by atoms with Crippen molar-refractivity contribution in [3.8, 4) is 0 Å². The van der Waals surface area contributed by atoms with Crippen molar-refractivity contribution in [2.75, 3.05) is 6.61 Å². The van der Waals surface area contributed by atoms with Crippen LogP contribution in [0.3, 0.4) is 0 Å². The van der Waals surface area contributed by atoms with Crippen LogP contribution in [-0.4, -0.2) is 30.8 Å². The highest BCUT2D eigenvalue weighted by atomic mass is 32.2. The van der Waals surface area contributed by atoms with Crippen LogP contribution in [0, 0.1) is 22.2 Å². The van der Waals surface area contributed by atoms with Crippen LogP contribution >= 0.6 is 0 Å². The molecule has 4 fully saturated rings. The lowest BCUT2D eigenvalue weighted by Gasteiger charge is -2.65. The minimum Gasteiger partial charge on any atom is -0.743 e. The van der Waals surface area contributed by atoms with Crippen molar-refractivity contribution >= 4 is 16.1 Å². The Morgan fingerprint density at radius 1 is 1.17 bits per heavy atom. The molecular weight excluding hydrogens is 330 g/mol. The molecule has 0 heterocycles. The number of carbonyl (C=O) groups excluding carboxylic acids is 1. The van der Waals surface area contributed by atoms with Gasteiger partial charge < -0.3 is 9.29 Å². The molecule has 4 rings (SSSR count). The molecule has 0 N–H and O–H groups in total. The van der Waals surface area contributed by atoms with Gasteiger partial charge in [-0.1, -0.05) is 13.8 Å². The molecule has 0 aromatic carbocycles. The van der Waals surface area contributed by atoms with E-state index in [1.54, 1.807) is 0 Å². The van der Waals surface area contributed by atoms with Gasteiger partial charge in [0, 0.05) is 5.41 Å². The molecule has 23 heavy (non-hydrogen) atoms. The van der Waals surface area contributed by atoms with E-state index in [2.05, 4.69) is 18.6 Å². The van der Waals surface area contributed by atoms with E-state index in [9.17, 15) is 26.5 Å². The Bertz CT molecular complexity index is 626. The van der Waals surface area contributed by atoms with E-state index in [-0.39, 0.29) is 22.9 Å². The summed E-state index contributed by atoms with van der Waals surface area (Å²) in [5.74, 6) is -1.76. The Labute approximate surface area is 134 Å². The average molecular weight is 351 g/mol. The van der Waals surface area contributed by atoms with E-state index in [1.165, 1.54) is 0 Å². The molecule has 0 spiro atoms. The summed E-state index contributed by atoms with van der Waals surface area (Å²) < 4.78 is 62.7. The first-order valence-electron chi connectivity index (χ1n) is 7.79. The van der Waals surface area contributed by atoms with Crippen LogP contribution in [0.25, 0.3) is 0 Å². The zero-order valence-corrected chi connectivity index (χ0v) is 14.0. The fraction of sp³-hybridized carbons (Fsp3) is 0.933. The van der Waals surface area contributed by atoms with Gasteiger partial charge in [0.15, 0.2) is 10.1 Å². The molecule has 5 nitrogen and oxygen atoms in total. The first-order chi connectivity index (χ1) is 10.3. The fourth-order valence-electron chi connectivity index (χ4n) is 6.25. The number of alkyl halides is 2. The molecule has 2 unspecified atom stereocenters. The highest BCUT2D eigenvalue weighted by Crippen LogP contribution is 2.69. The molecule has 4 aliphatic rings. The first-order valence-corrected chi connectivity index (χ1v) is 9.20. The van der Waals surface area contributed by atoms with Crippen molar-refractivity contribution in [1.29, 1.82) is 0 Å². The van der Waals surface area contributed by atoms with Crippen molar-refractivity contribution in [3.63, 3.8) is 0 Å². The molecule has 0 aliphatic heterocycles. The summed E-state index contributed by atoms with van der Waals surface area (Å²) >= 11 is 0. The third kappa shape index (κ3) is 2.77. The summed E-state index contributed by atoms with van der Waals surface area (Å²) in [5, 5.41) is -5.02. The van der Waals surface area contributed by atoms with E-state index < -0.39 is 21.3 Å². The van der Waals surface area contributed by atoms with Crippen LogP contribution in [0.15, 0.2) is 0 Å². The zero-order chi connectivity index (χ0) is 17.3. The van der Waals surface area contributed by atoms with Crippen LogP contribution in [0.4, 0.5) is 8.78 Å². The number of hydrogen-bond acceptors (Lipinski definition) is 5. The van der Waals surface area contributed by atoms with Gasteiger partial charge >= 0.3 is 11.2 Å². The molecule has 0 saturated heterocycles. The van der Waals surface area contributed by atoms with Crippen LogP contribution in [-0.2, 0) is 19.6 Å². The van der Waals surface area contributed by atoms with Crippen LogP contribution in [0.2, 0.25) is 0 Å². The first kappa shape index (κ1) is 17.1. The zero-order valence-electron chi connectivity index (χ0n) is 13.2. The fourth-order valence-corrected chi connectivity index (χ4v) is 6.51. The minimum absolute atomic E-state index is 0.119. The van der Waals surface area contributed by atoms with Crippen molar-refractivity contribution in [3.05, 3.63) is 0 Å². The average Bonchev–Trinajstić information content (AvgIpc) is 2.29. The molecule has 4 bridgehead atoms. The maximum absolute atomic E-state index is 13.3. The highest BCUT2D eigenvalue weighted by molar-refractivity contribution is 7.87. The monoisotopic (exact) mass is 351 g/mol. The Morgan fingerprint density at radius 2 is 1.70 bits per heavy atom. The van der Waals surface area contributed by atoms with E-state index in [4.69, 9.17) is 0 Å². The number of ether oxygens (including phenoxy) is 1. The highest BCUT2D eigenvalue weighted by Gasteiger charge is 2.61. The van der Waals surface area contributed by atoms with Crippen LogP contribution in [0.1, 0.15) is 52.4 Å². The van der Waals surface area contributed by atoms with E-state index in [0.29, 0.717) is 5.92 Å². The lowest BCUT2D eigenvalue weighted by Crippen LogP contribution is -2.56. The number of halogens is 2. The topological polar surface area (TPSA) is 83.5 Å². The molecule has 0 aromatic heterocycles. The SMILES string of the molecule is CC12CC3CC(C)(C1)CC(COC(=O)C(F)(F)S(=O)(=O)[O-])(C3)C2. The van der Waals surface area contributed by atoms with Gasteiger partial charge in [-0.2, -0.15) is 8.78 Å². The molecule has 4 aliphatic carbocycles. The second-order valence-electron chi connectivity index (χ2n) is 8.68. The smallest absolute Gasteiger partial charge is 0.428 e.